The Morgan fingerprint density at radius 2 is 1.66 bits per heavy atom. The number of rotatable bonds is 9. The summed E-state index contributed by atoms with van der Waals surface area (Å²) in [4.78, 5) is 16.3. The molecule has 0 radical (unpaired) electrons. The van der Waals surface area contributed by atoms with E-state index in [1.165, 1.54) is 12.1 Å². The molecule has 1 heterocycles. The number of H-pyrrole nitrogens is 1. The number of nitro benzene ring substituents is 1. The molecule has 0 spiro atoms. The molecule has 29 heavy (non-hydrogen) atoms. The van der Waals surface area contributed by atoms with Crippen molar-refractivity contribution >= 4 is 23.0 Å². The van der Waals surface area contributed by atoms with Gasteiger partial charge in [-0.1, -0.05) is 0 Å². The highest BCUT2D eigenvalue weighted by Crippen LogP contribution is 2.23. The maximum absolute atomic E-state index is 10.7. The van der Waals surface area contributed by atoms with Gasteiger partial charge in [-0.05, 0) is 36.4 Å². The Bertz CT molecular complexity index is 965. The third-order valence-electron chi connectivity index (χ3n) is 4.03. The van der Waals surface area contributed by atoms with E-state index in [1.807, 2.05) is 17.0 Å². The number of aliphatic hydroxyl groups excluding tert-OH is 2. The zero-order valence-corrected chi connectivity index (χ0v) is 15.3. The minimum Gasteiger partial charge on any atom is -0.395 e. The number of anilines is 1. The molecule has 0 atom stereocenters. The van der Waals surface area contributed by atoms with E-state index >= 15 is 0 Å². The summed E-state index contributed by atoms with van der Waals surface area (Å²) in [7, 11) is 0. The number of aromatic amines is 1. The van der Waals surface area contributed by atoms with E-state index in [9.17, 15) is 10.1 Å². The molecule has 3 N–H and O–H groups in total. The van der Waals surface area contributed by atoms with Gasteiger partial charge in [0.2, 0.25) is 0 Å². The van der Waals surface area contributed by atoms with E-state index in [0.29, 0.717) is 30.2 Å². The summed E-state index contributed by atoms with van der Waals surface area (Å²) in [6, 6.07) is 13.1. The van der Waals surface area contributed by atoms with E-state index < -0.39 is 4.92 Å². The first-order chi connectivity index (χ1) is 14.1. The lowest BCUT2D eigenvalue weighted by Gasteiger charge is -2.22. The number of aliphatic hydroxyl groups is 2. The second kappa shape index (κ2) is 9.48. The smallest absolute Gasteiger partial charge is 0.287 e. The average Bonchev–Trinajstić information content (AvgIpc) is 3.22. The molecule has 0 fully saturated rings. The number of hydrogen-bond donors (Lipinski definition) is 3. The highest BCUT2D eigenvalue weighted by molar-refractivity contribution is 5.58. The van der Waals surface area contributed by atoms with Crippen LogP contribution in [0.15, 0.2) is 58.8 Å². The third kappa shape index (κ3) is 5.18. The summed E-state index contributed by atoms with van der Waals surface area (Å²) in [5.41, 5.74) is 2.07. The van der Waals surface area contributed by atoms with Crippen LogP contribution in [0.2, 0.25) is 0 Å². The van der Waals surface area contributed by atoms with Gasteiger partial charge in [-0.3, -0.25) is 15.2 Å². The third-order valence-corrected chi connectivity index (χ3v) is 4.03. The van der Waals surface area contributed by atoms with Crippen molar-refractivity contribution in [1.29, 1.82) is 0 Å². The largest absolute Gasteiger partial charge is 0.395 e. The van der Waals surface area contributed by atoms with Gasteiger partial charge in [0.05, 0.1) is 23.8 Å². The van der Waals surface area contributed by atoms with Gasteiger partial charge < -0.3 is 15.1 Å². The molecule has 11 heteroatoms. The number of hydrogen-bond acceptors (Lipinski definition) is 9. The standard InChI is InChI=1S/C18H19N7O4/c26-11-9-24(10-12-27)15-7-3-14(4-8-15)20-22-18-19-17(21-23-18)13-1-5-16(6-2-13)25(28)29/h1-8,26-27H,9-12H2,(H,19,21,23). The number of nitrogens with one attached hydrogen (secondary N) is 1. The molecule has 11 nitrogen and oxygen atoms in total. The Balaban J connectivity index is 1.68. The second-order valence-corrected chi connectivity index (χ2v) is 5.94. The van der Waals surface area contributed by atoms with E-state index in [2.05, 4.69) is 25.4 Å². The number of nitrogens with zero attached hydrogens (tertiary/aromatic N) is 6. The van der Waals surface area contributed by atoms with Crippen LogP contribution in [0.1, 0.15) is 0 Å². The van der Waals surface area contributed by atoms with Gasteiger partial charge in [-0.2, -0.15) is 4.98 Å². The molecular formula is C18H19N7O4. The number of nitro groups is 1. The van der Waals surface area contributed by atoms with Gasteiger partial charge in [0.15, 0.2) is 5.82 Å². The maximum Gasteiger partial charge on any atom is 0.287 e. The molecule has 0 unspecified atom stereocenters. The zero-order chi connectivity index (χ0) is 20.6. The molecule has 0 bridgehead atoms. The van der Waals surface area contributed by atoms with Crippen LogP contribution < -0.4 is 4.90 Å². The fraction of sp³-hybridized carbons (Fsp3) is 0.222. The Hall–Kier alpha value is -3.70. The van der Waals surface area contributed by atoms with Crippen LogP contribution in [0.25, 0.3) is 11.4 Å². The summed E-state index contributed by atoms with van der Waals surface area (Å²) in [5.74, 6) is 0.553. The summed E-state index contributed by atoms with van der Waals surface area (Å²) in [5, 5.41) is 43.7. The predicted octanol–water partition coefficient (Wildman–Crippen LogP) is 2.59. The monoisotopic (exact) mass is 397 g/mol. The van der Waals surface area contributed by atoms with Crippen molar-refractivity contribution < 1.29 is 15.1 Å². The molecule has 1 aromatic heterocycles. The van der Waals surface area contributed by atoms with Crippen LogP contribution in [0.4, 0.5) is 23.0 Å². The van der Waals surface area contributed by atoms with Crippen molar-refractivity contribution in [2.75, 3.05) is 31.2 Å². The minimum atomic E-state index is -0.470. The van der Waals surface area contributed by atoms with Crippen LogP contribution in [-0.2, 0) is 0 Å². The van der Waals surface area contributed by atoms with E-state index in [-0.39, 0.29) is 24.8 Å². The van der Waals surface area contributed by atoms with Crippen LogP contribution in [0.5, 0.6) is 0 Å². The van der Waals surface area contributed by atoms with Gasteiger partial charge in [-0.25, -0.2) is 0 Å². The number of non-ortho nitro benzene ring substituents is 1. The molecule has 0 saturated carbocycles. The van der Waals surface area contributed by atoms with E-state index in [0.717, 1.165) is 5.69 Å². The number of azo groups is 1. The number of aromatic nitrogens is 3. The molecule has 150 valence electrons. The summed E-state index contributed by atoms with van der Waals surface area (Å²) in [6.07, 6.45) is 0. The molecular weight excluding hydrogens is 378 g/mol. The van der Waals surface area contributed by atoms with Crippen molar-refractivity contribution in [3.63, 3.8) is 0 Å². The van der Waals surface area contributed by atoms with Crippen molar-refractivity contribution in [3.8, 4) is 11.4 Å². The fourth-order valence-electron chi connectivity index (χ4n) is 2.61. The Labute approximate surface area is 165 Å². The molecule has 0 aliphatic carbocycles. The average molecular weight is 397 g/mol. The SMILES string of the molecule is O=[N+]([O-])c1ccc(-c2nc(N=Nc3ccc(N(CCO)CCO)cc3)n[nH]2)cc1. The first kappa shape index (κ1) is 20.0. The molecule has 0 aliphatic heterocycles. The molecule has 3 aromatic rings. The highest BCUT2D eigenvalue weighted by atomic mass is 16.6. The maximum atomic E-state index is 10.7. The normalized spacial score (nSPS) is 11.1. The predicted molar refractivity (Wildman–Crippen MR) is 105 cm³/mol. The quantitative estimate of drug-likeness (QED) is 0.285. The van der Waals surface area contributed by atoms with Gasteiger partial charge in [0.1, 0.15) is 0 Å². The molecule has 0 saturated heterocycles. The van der Waals surface area contributed by atoms with Gasteiger partial charge in [0, 0.05) is 36.5 Å². The second-order valence-electron chi connectivity index (χ2n) is 5.94. The molecule has 0 amide bonds. The number of benzene rings is 2. The van der Waals surface area contributed by atoms with Crippen LogP contribution in [0, 0.1) is 10.1 Å². The Morgan fingerprint density at radius 1 is 1.00 bits per heavy atom. The summed E-state index contributed by atoms with van der Waals surface area (Å²) < 4.78 is 0. The van der Waals surface area contributed by atoms with Crippen molar-refractivity contribution in [3.05, 3.63) is 58.6 Å². The van der Waals surface area contributed by atoms with Crippen LogP contribution in [0.3, 0.4) is 0 Å². The molecule has 0 aliphatic rings. The highest BCUT2D eigenvalue weighted by Gasteiger charge is 2.09. The lowest BCUT2D eigenvalue weighted by atomic mass is 10.2. The summed E-state index contributed by atoms with van der Waals surface area (Å²) >= 11 is 0. The lowest BCUT2D eigenvalue weighted by molar-refractivity contribution is -0.384. The van der Waals surface area contributed by atoms with Gasteiger partial charge in [0.25, 0.3) is 11.6 Å². The first-order valence-corrected chi connectivity index (χ1v) is 8.76. The first-order valence-electron chi connectivity index (χ1n) is 8.76. The topological polar surface area (TPSA) is 153 Å². The van der Waals surface area contributed by atoms with Crippen molar-refractivity contribution in [2.45, 2.75) is 0 Å². The Kier molecular flexibility index (Phi) is 6.55. The molecule has 3 rings (SSSR count). The zero-order valence-electron chi connectivity index (χ0n) is 15.3. The van der Waals surface area contributed by atoms with Crippen LogP contribution in [-0.4, -0.2) is 56.6 Å². The summed E-state index contributed by atoms with van der Waals surface area (Å²) in [6.45, 7) is 0.820. The van der Waals surface area contributed by atoms with E-state index in [4.69, 9.17) is 10.2 Å². The Morgan fingerprint density at radius 3 is 2.24 bits per heavy atom. The fourth-order valence-corrected chi connectivity index (χ4v) is 2.61. The van der Waals surface area contributed by atoms with Crippen molar-refractivity contribution in [1.82, 2.24) is 15.2 Å². The minimum absolute atomic E-state index is 0.00633. The lowest BCUT2D eigenvalue weighted by Crippen LogP contribution is -2.29. The van der Waals surface area contributed by atoms with E-state index in [1.54, 1.807) is 24.3 Å². The van der Waals surface area contributed by atoms with Gasteiger partial charge >= 0.3 is 0 Å². The van der Waals surface area contributed by atoms with Crippen molar-refractivity contribution in [2.24, 2.45) is 10.2 Å². The van der Waals surface area contributed by atoms with Crippen LogP contribution >= 0.6 is 0 Å². The molecule has 2 aromatic carbocycles. The van der Waals surface area contributed by atoms with Gasteiger partial charge in [-0.15, -0.1) is 15.3 Å².